The van der Waals surface area contributed by atoms with Crippen LogP contribution in [-0.4, -0.2) is 35.4 Å². The molecule has 0 amide bonds. The fraction of sp³-hybridized carbons (Fsp3) is 0.125. The van der Waals surface area contributed by atoms with E-state index in [4.69, 9.17) is 9.47 Å². The number of carbonyl (C=O) groups is 2. The van der Waals surface area contributed by atoms with Gasteiger partial charge in [-0.25, -0.2) is 9.78 Å². The van der Waals surface area contributed by atoms with Crippen LogP contribution < -0.4 is 4.74 Å². The summed E-state index contributed by atoms with van der Waals surface area (Å²) >= 11 is 0. The van der Waals surface area contributed by atoms with E-state index in [9.17, 15) is 9.59 Å². The topological polar surface area (TPSA) is 81.3 Å². The van der Waals surface area contributed by atoms with Crippen molar-refractivity contribution >= 4 is 22.8 Å². The highest BCUT2D eigenvalue weighted by Gasteiger charge is 2.16. The summed E-state index contributed by atoms with van der Waals surface area (Å²) in [5, 5.41) is 0. The largest absolute Gasteiger partial charge is 0.496 e. The lowest BCUT2D eigenvalue weighted by molar-refractivity contribution is 0.0474. The Morgan fingerprint density at radius 2 is 1.77 bits per heavy atom. The SMILES string of the molecule is COc1ccccc1C(=O)COC(=O)c1ccc2nc(-c3ccc(C)cc3)[nH]c2c1. The molecular formula is C24H20N2O4. The fourth-order valence-electron chi connectivity index (χ4n) is 3.15. The Hall–Kier alpha value is -3.93. The van der Waals surface area contributed by atoms with Gasteiger partial charge in [0.25, 0.3) is 0 Å². The molecular weight excluding hydrogens is 380 g/mol. The second-order valence-electron chi connectivity index (χ2n) is 6.88. The summed E-state index contributed by atoms with van der Waals surface area (Å²) in [4.78, 5) is 32.6. The molecule has 6 heteroatoms. The fourth-order valence-corrected chi connectivity index (χ4v) is 3.15. The van der Waals surface area contributed by atoms with Crippen molar-refractivity contribution in [3.05, 3.63) is 83.4 Å². The lowest BCUT2D eigenvalue weighted by atomic mass is 10.1. The maximum atomic E-state index is 12.5. The van der Waals surface area contributed by atoms with Gasteiger partial charge in [0.15, 0.2) is 6.61 Å². The Bertz CT molecular complexity index is 1230. The first-order valence-corrected chi connectivity index (χ1v) is 9.45. The zero-order valence-corrected chi connectivity index (χ0v) is 16.6. The van der Waals surface area contributed by atoms with Crippen molar-refractivity contribution in [3.8, 4) is 17.1 Å². The highest BCUT2D eigenvalue weighted by atomic mass is 16.5. The number of para-hydroxylation sites is 1. The number of esters is 1. The molecule has 0 aliphatic heterocycles. The molecule has 0 aliphatic rings. The quantitative estimate of drug-likeness (QED) is 0.378. The Morgan fingerprint density at radius 3 is 2.53 bits per heavy atom. The van der Waals surface area contributed by atoms with Crippen LogP contribution in [0.25, 0.3) is 22.4 Å². The molecule has 4 aromatic rings. The number of ketones is 1. The third-order valence-electron chi connectivity index (χ3n) is 4.78. The van der Waals surface area contributed by atoms with Crippen LogP contribution in [0.3, 0.4) is 0 Å². The molecule has 0 bridgehead atoms. The molecule has 0 radical (unpaired) electrons. The summed E-state index contributed by atoms with van der Waals surface area (Å²) in [6.07, 6.45) is 0. The number of benzene rings is 3. The Balaban J connectivity index is 1.49. The van der Waals surface area contributed by atoms with Crippen LogP contribution in [0.4, 0.5) is 0 Å². The van der Waals surface area contributed by atoms with Crippen molar-refractivity contribution in [2.24, 2.45) is 0 Å². The van der Waals surface area contributed by atoms with Gasteiger partial charge in [0, 0.05) is 5.56 Å². The molecule has 30 heavy (non-hydrogen) atoms. The van der Waals surface area contributed by atoms with Crippen LogP contribution in [0.1, 0.15) is 26.3 Å². The lowest BCUT2D eigenvalue weighted by Crippen LogP contribution is -2.15. The van der Waals surface area contributed by atoms with E-state index in [2.05, 4.69) is 9.97 Å². The number of aryl methyl sites for hydroxylation is 1. The normalized spacial score (nSPS) is 10.7. The van der Waals surface area contributed by atoms with Gasteiger partial charge < -0.3 is 14.5 Å². The van der Waals surface area contributed by atoms with Gasteiger partial charge in [0.1, 0.15) is 11.6 Å². The molecule has 0 aliphatic carbocycles. The number of aromatic amines is 1. The molecule has 0 atom stereocenters. The number of carbonyl (C=O) groups excluding carboxylic acids is 2. The van der Waals surface area contributed by atoms with Crippen molar-refractivity contribution in [1.29, 1.82) is 0 Å². The van der Waals surface area contributed by atoms with E-state index in [-0.39, 0.29) is 12.4 Å². The predicted octanol–water partition coefficient (Wildman–Crippen LogP) is 4.59. The highest BCUT2D eigenvalue weighted by Crippen LogP contribution is 2.22. The predicted molar refractivity (Wildman–Crippen MR) is 114 cm³/mol. The number of fused-ring (bicyclic) bond motifs is 1. The molecule has 0 saturated heterocycles. The van der Waals surface area contributed by atoms with Crippen LogP contribution in [0, 0.1) is 6.92 Å². The van der Waals surface area contributed by atoms with Gasteiger partial charge in [-0.15, -0.1) is 0 Å². The van der Waals surface area contributed by atoms with Crippen molar-refractivity contribution in [2.45, 2.75) is 6.92 Å². The van der Waals surface area contributed by atoms with Gasteiger partial charge in [0.05, 0.1) is 29.3 Å². The summed E-state index contributed by atoms with van der Waals surface area (Å²) in [6.45, 7) is 1.66. The second-order valence-corrected chi connectivity index (χ2v) is 6.88. The number of Topliss-reactive ketones (excluding diaryl/α,β-unsaturated/α-hetero) is 1. The Kier molecular flexibility index (Phi) is 5.30. The van der Waals surface area contributed by atoms with Crippen LogP contribution in [0.2, 0.25) is 0 Å². The van der Waals surface area contributed by atoms with Gasteiger partial charge in [-0.1, -0.05) is 42.0 Å². The first kappa shape index (κ1) is 19.4. The molecule has 3 aromatic carbocycles. The number of aromatic nitrogens is 2. The molecule has 0 unspecified atom stereocenters. The van der Waals surface area contributed by atoms with E-state index in [0.29, 0.717) is 16.9 Å². The number of hydrogen-bond donors (Lipinski definition) is 1. The van der Waals surface area contributed by atoms with Crippen molar-refractivity contribution in [2.75, 3.05) is 13.7 Å². The molecule has 0 fully saturated rings. The number of rotatable bonds is 6. The molecule has 1 N–H and O–H groups in total. The van der Waals surface area contributed by atoms with Crippen LogP contribution >= 0.6 is 0 Å². The third-order valence-corrected chi connectivity index (χ3v) is 4.78. The number of imidazole rings is 1. The summed E-state index contributed by atoms with van der Waals surface area (Å²) in [7, 11) is 1.49. The van der Waals surface area contributed by atoms with Crippen LogP contribution in [-0.2, 0) is 4.74 Å². The van der Waals surface area contributed by atoms with Gasteiger partial charge in [0.2, 0.25) is 5.78 Å². The minimum absolute atomic E-state index is 0.329. The van der Waals surface area contributed by atoms with Crippen LogP contribution in [0.15, 0.2) is 66.7 Å². The summed E-state index contributed by atoms with van der Waals surface area (Å²) in [5.41, 5.74) is 4.31. The number of ether oxygens (including phenoxy) is 2. The molecule has 1 aromatic heterocycles. The average Bonchev–Trinajstić information content (AvgIpc) is 3.21. The zero-order chi connectivity index (χ0) is 21.1. The first-order chi connectivity index (χ1) is 14.5. The number of H-pyrrole nitrogens is 1. The van der Waals surface area contributed by atoms with E-state index in [0.717, 1.165) is 22.4 Å². The summed E-state index contributed by atoms with van der Waals surface area (Å²) in [5.74, 6) is 0.264. The zero-order valence-electron chi connectivity index (χ0n) is 16.6. The van der Waals surface area contributed by atoms with Crippen molar-refractivity contribution in [1.82, 2.24) is 9.97 Å². The van der Waals surface area contributed by atoms with Gasteiger partial charge >= 0.3 is 5.97 Å². The van der Waals surface area contributed by atoms with E-state index < -0.39 is 5.97 Å². The summed E-state index contributed by atoms with van der Waals surface area (Å²) < 4.78 is 10.4. The molecule has 1 heterocycles. The van der Waals surface area contributed by atoms with Gasteiger partial charge in [-0.2, -0.15) is 0 Å². The highest BCUT2D eigenvalue weighted by molar-refractivity contribution is 6.01. The van der Waals surface area contributed by atoms with Crippen LogP contribution in [0.5, 0.6) is 5.75 Å². The molecule has 150 valence electrons. The Morgan fingerprint density at radius 1 is 1.00 bits per heavy atom. The van der Waals surface area contributed by atoms with Gasteiger partial charge in [-0.05, 0) is 37.3 Å². The minimum atomic E-state index is -0.577. The van der Waals surface area contributed by atoms with E-state index in [1.807, 2.05) is 31.2 Å². The van der Waals surface area contributed by atoms with Crippen molar-refractivity contribution < 1.29 is 19.1 Å². The van der Waals surface area contributed by atoms with Gasteiger partial charge in [-0.3, -0.25) is 4.79 Å². The number of nitrogens with one attached hydrogen (secondary N) is 1. The molecule has 6 nitrogen and oxygen atoms in total. The summed E-state index contributed by atoms with van der Waals surface area (Å²) in [6, 6.07) is 19.9. The lowest BCUT2D eigenvalue weighted by Gasteiger charge is -2.08. The molecule has 4 rings (SSSR count). The third kappa shape index (κ3) is 3.93. The van der Waals surface area contributed by atoms with E-state index in [1.54, 1.807) is 42.5 Å². The average molecular weight is 400 g/mol. The second kappa shape index (κ2) is 8.21. The van der Waals surface area contributed by atoms with E-state index in [1.165, 1.54) is 12.7 Å². The van der Waals surface area contributed by atoms with E-state index >= 15 is 0 Å². The molecule has 0 spiro atoms. The maximum Gasteiger partial charge on any atom is 0.338 e. The standard InChI is InChI=1S/C24H20N2O4/c1-15-7-9-16(10-8-15)23-25-19-12-11-17(13-20(19)26-23)24(28)30-14-21(27)18-5-3-4-6-22(18)29-2/h3-13H,14H2,1-2H3,(H,25,26). The Labute approximate surface area is 173 Å². The number of methoxy groups -OCH3 is 1. The number of nitrogens with zero attached hydrogens (tertiary/aromatic N) is 1. The molecule has 0 saturated carbocycles. The smallest absolute Gasteiger partial charge is 0.338 e. The maximum absolute atomic E-state index is 12.5. The first-order valence-electron chi connectivity index (χ1n) is 9.45. The minimum Gasteiger partial charge on any atom is -0.496 e. The van der Waals surface area contributed by atoms with Crippen molar-refractivity contribution in [3.63, 3.8) is 0 Å². The number of hydrogen-bond acceptors (Lipinski definition) is 5. The monoisotopic (exact) mass is 400 g/mol.